The monoisotopic (exact) mass is 614 g/mol. The zero-order valence-electron chi connectivity index (χ0n) is 24.3. The first kappa shape index (κ1) is 34.7. The number of carbonyl (C=O) groups excluding carboxylic acids is 1. The van der Waals surface area contributed by atoms with Gasteiger partial charge in [0.2, 0.25) is 0 Å². The molecule has 0 saturated carbocycles. The third kappa shape index (κ3) is 11.8. The van der Waals surface area contributed by atoms with Crippen molar-refractivity contribution in [1.29, 1.82) is 0 Å². The van der Waals surface area contributed by atoms with Crippen LogP contribution in [0.25, 0.3) is 0 Å². The summed E-state index contributed by atoms with van der Waals surface area (Å²) in [5, 5.41) is 25.3. The highest BCUT2D eigenvalue weighted by atomic mass is 35.5. The third-order valence-corrected chi connectivity index (χ3v) is 7.70. The quantitative estimate of drug-likeness (QED) is 0.351. The van der Waals surface area contributed by atoms with Crippen LogP contribution in [0, 0.1) is 0 Å². The predicted octanol–water partition coefficient (Wildman–Crippen LogP) is 6.84. The second-order valence-corrected chi connectivity index (χ2v) is 13.4. The normalized spacial score (nSPS) is 26.7. The Morgan fingerprint density at radius 2 is 1.43 bits per heavy atom. The van der Waals surface area contributed by atoms with Crippen molar-refractivity contribution in [3.05, 3.63) is 69.7 Å². The molecule has 2 aromatic rings. The summed E-state index contributed by atoms with van der Waals surface area (Å²) in [6.45, 7) is 10.7. The van der Waals surface area contributed by atoms with Gasteiger partial charge in [0.25, 0.3) is 0 Å². The second kappa shape index (κ2) is 14.6. The van der Waals surface area contributed by atoms with Crippen LogP contribution in [0.5, 0.6) is 0 Å². The van der Waals surface area contributed by atoms with E-state index in [1.807, 2.05) is 83.1 Å². The maximum atomic E-state index is 12.5. The molecule has 0 radical (unpaired) electrons. The number of aliphatic hydroxyl groups is 2. The van der Waals surface area contributed by atoms with Gasteiger partial charge in [-0.2, -0.15) is 0 Å². The Balaban J connectivity index is 0.000000290. The van der Waals surface area contributed by atoms with Crippen LogP contribution >= 0.6 is 35.6 Å². The molecule has 2 aromatic carbocycles. The number of hydrogen-bond donors (Lipinski definition) is 3. The van der Waals surface area contributed by atoms with Gasteiger partial charge < -0.3 is 25.2 Å². The van der Waals surface area contributed by atoms with Gasteiger partial charge >= 0.3 is 6.09 Å². The van der Waals surface area contributed by atoms with Gasteiger partial charge in [-0.1, -0.05) is 47.5 Å². The molecule has 224 valence electrons. The van der Waals surface area contributed by atoms with Crippen LogP contribution in [0.3, 0.4) is 0 Å². The zero-order valence-corrected chi connectivity index (χ0v) is 26.6. The van der Waals surface area contributed by atoms with Crippen LogP contribution in [-0.2, 0) is 17.6 Å². The number of halogens is 3. The molecule has 40 heavy (non-hydrogen) atoms. The number of carbonyl (C=O) groups is 1. The Bertz CT molecular complexity index is 1070. The van der Waals surface area contributed by atoms with E-state index in [9.17, 15) is 15.0 Å². The highest BCUT2D eigenvalue weighted by Gasteiger charge is 2.38. The van der Waals surface area contributed by atoms with Gasteiger partial charge in [0.15, 0.2) is 0 Å². The second-order valence-electron chi connectivity index (χ2n) is 12.5. The first-order valence-corrected chi connectivity index (χ1v) is 14.5. The lowest BCUT2D eigenvalue weighted by molar-refractivity contribution is -0.0441. The number of ether oxygens (including phenoxy) is 1. The van der Waals surface area contributed by atoms with Crippen molar-refractivity contribution in [3.63, 3.8) is 0 Å². The number of amides is 1. The maximum absolute atomic E-state index is 12.5. The summed E-state index contributed by atoms with van der Waals surface area (Å²) in [6, 6.07) is 15.8. The number of rotatable bonds is 4. The van der Waals surface area contributed by atoms with Crippen molar-refractivity contribution in [1.82, 2.24) is 10.2 Å². The molecular weight excluding hydrogens is 571 g/mol. The van der Waals surface area contributed by atoms with E-state index in [2.05, 4.69) is 5.32 Å². The summed E-state index contributed by atoms with van der Waals surface area (Å²) in [6.07, 6.45) is 4.06. The van der Waals surface area contributed by atoms with Crippen molar-refractivity contribution in [2.24, 2.45) is 0 Å². The predicted molar refractivity (Wildman–Crippen MR) is 166 cm³/mol. The summed E-state index contributed by atoms with van der Waals surface area (Å²) in [5.74, 6) is 0. The summed E-state index contributed by atoms with van der Waals surface area (Å²) < 4.78 is 5.52. The molecule has 0 bridgehead atoms. The van der Waals surface area contributed by atoms with E-state index in [0.29, 0.717) is 36.9 Å². The average Bonchev–Trinajstić information content (AvgIpc) is 2.80. The smallest absolute Gasteiger partial charge is 0.410 e. The highest BCUT2D eigenvalue weighted by Crippen LogP contribution is 2.30. The Kier molecular flexibility index (Phi) is 12.6. The molecule has 2 saturated heterocycles. The molecule has 4 atom stereocenters. The van der Waals surface area contributed by atoms with Gasteiger partial charge in [-0.15, -0.1) is 12.4 Å². The molecule has 2 fully saturated rings. The van der Waals surface area contributed by atoms with Crippen LogP contribution < -0.4 is 5.32 Å². The van der Waals surface area contributed by atoms with E-state index >= 15 is 0 Å². The minimum absolute atomic E-state index is 0. The van der Waals surface area contributed by atoms with Gasteiger partial charge in [-0.3, -0.25) is 0 Å². The van der Waals surface area contributed by atoms with Crippen molar-refractivity contribution < 1.29 is 19.7 Å². The molecule has 2 unspecified atom stereocenters. The lowest BCUT2D eigenvalue weighted by Crippen LogP contribution is -2.53. The SMILES string of the molecule is CC1(O)CCN(C(=O)OC(C)(C)C)[C@@H](Cc2ccc(Cl)cc2)C1.CC1(O)CCN[C@@H](Cc2ccc(Cl)cc2)C1.Cl. The Labute approximate surface area is 255 Å². The van der Waals surface area contributed by atoms with E-state index in [1.54, 1.807) is 4.90 Å². The number of nitrogens with zero attached hydrogens (tertiary/aromatic N) is 1. The van der Waals surface area contributed by atoms with Crippen LogP contribution in [-0.4, -0.2) is 63.2 Å². The fourth-order valence-corrected chi connectivity index (χ4v) is 5.45. The lowest BCUT2D eigenvalue weighted by atomic mass is 9.85. The van der Waals surface area contributed by atoms with E-state index in [0.717, 1.165) is 36.4 Å². The molecule has 2 aliphatic rings. The van der Waals surface area contributed by atoms with Gasteiger partial charge in [0.05, 0.1) is 11.2 Å². The fraction of sp³-hybridized carbons (Fsp3) is 0.581. The van der Waals surface area contributed by atoms with Gasteiger partial charge in [0.1, 0.15) is 5.60 Å². The van der Waals surface area contributed by atoms with Gasteiger partial charge in [-0.05, 0) is 115 Å². The molecule has 0 spiro atoms. The molecule has 2 aliphatic heterocycles. The molecule has 4 rings (SSSR count). The maximum Gasteiger partial charge on any atom is 0.410 e. The van der Waals surface area contributed by atoms with Crippen molar-refractivity contribution in [3.8, 4) is 0 Å². The van der Waals surface area contributed by atoms with Gasteiger partial charge in [-0.25, -0.2) is 4.79 Å². The number of piperidine rings is 2. The van der Waals surface area contributed by atoms with Gasteiger partial charge in [0, 0.05) is 28.7 Å². The van der Waals surface area contributed by atoms with Crippen LogP contribution in [0.4, 0.5) is 4.79 Å². The van der Waals surface area contributed by atoms with Crippen molar-refractivity contribution >= 4 is 41.7 Å². The van der Waals surface area contributed by atoms with E-state index in [1.165, 1.54) is 5.56 Å². The number of nitrogens with one attached hydrogen (secondary N) is 1. The lowest BCUT2D eigenvalue weighted by Gasteiger charge is -2.42. The number of benzene rings is 2. The Hall–Kier alpha value is -1.54. The summed E-state index contributed by atoms with van der Waals surface area (Å²) in [4.78, 5) is 14.2. The molecule has 0 aromatic heterocycles. The van der Waals surface area contributed by atoms with Crippen molar-refractivity contribution in [2.75, 3.05) is 13.1 Å². The van der Waals surface area contributed by atoms with Crippen LogP contribution in [0.15, 0.2) is 48.5 Å². The molecule has 0 aliphatic carbocycles. The first-order valence-electron chi connectivity index (χ1n) is 13.8. The zero-order chi connectivity index (χ0) is 28.8. The fourth-order valence-electron chi connectivity index (χ4n) is 5.20. The molecule has 2 heterocycles. The molecule has 1 amide bonds. The molecule has 3 N–H and O–H groups in total. The van der Waals surface area contributed by atoms with E-state index in [-0.39, 0.29) is 24.5 Å². The highest BCUT2D eigenvalue weighted by molar-refractivity contribution is 6.30. The first-order chi connectivity index (χ1) is 18.1. The molecule has 6 nitrogen and oxygen atoms in total. The number of hydrogen-bond acceptors (Lipinski definition) is 5. The minimum atomic E-state index is -0.754. The topological polar surface area (TPSA) is 82.0 Å². The summed E-state index contributed by atoms with van der Waals surface area (Å²) in [5.41, 5.74) is 0.560. The van der Waals surface area contributed by atoms with E-state index in [4.69, 9.17) is 27.9 Å². The van der Waals surface area contributed by atoms with E-state index < -0.39 is 16.8 Å². The minimum Gasteiger partial charge on any atom is -0.444 e. The largest absolute Gasteiger partial charge is 0.444 e. The average molecular weight is 616 g/mol. The summed E-state index contributed by atoms with van der Waals surface area (Å²) >= 11 is 11.8. The van der Waals surface area contributed by atoms with Crippen LogP contribution in [0.1, 0.15) is 71.4 Å². The third-order valence-electron chi connectivity index (χ3n) is 7.20. The van der Waals surface area contributed by atoms with Crippen molar-refractivity contribution in [2.45, 2.75) is 102 Å². The Morgan fingerprint density at radius 3 is 1.93 bits per heavy atom. The molecule has 9 heteroatoms. The van der Waals surface area contributed by atoms with Crippen LogP contribution in [0.2, 0.25) is 10.0 Å². The number of likely N-dealkylation sites (tertiary alicyclic amines) is 1. The standard InChI is InChI=1S/C18H26ClNO3.C13H18ClNO.ClH/c1-17(2,3)23-16(21)20-10-9-18(4,22)12-15(20)11-13-5-7-14(19)8-6-13;1-13(16)6-7-15-12(9-13)8-10-2-4-11(14)5-3-10;/h5-8,15,22H,9-12H2,1-4H3;2-5,12,15-16H,6-9H2,1H3;1H/t15-,18?;12-,13?;/m00./s1. The molecular formula is C31H45Cl3N2O4. The summed E-state index contributed by atoms with van der Waals surface area (Å²) in [7, 11) is 0. The Morgan fingerprint density at radius 1 is 0.925 bits per heavy atom.